The Hall–Kier alpha value is -0.120. The Balaban J connectivity index is 2.90. The molecule has 0 aliphatic carbocycles. The number of nitrogens with two attached hydrogens (primary N) is 1. The lowest BCUT2D eigenvalue weighted by Gasteiger charge is -2.10. The molecule has 0 aromatic heterocycles. The number of nitrogens with one attached hydrogen (secondary N) is 1. The molecule has 0 saturated heterocycles. The minimum atomic E-state index is 0.319. The predicted molar refractivity (Wildman–Crippen MR) is 52.2 cm³/mol. The lowest BCUT2D eigenvalue weighted by molar-refractivity contribution is 0.117. The van der Waals surface area contributed by atoms with Crippen molar-refractivity contribution in [3.05, 3.63) is 0 Å². The van der Waals surface area contributed by atoms with Crippen molar-refractivity contribution in [2.24, 2.45) is 5.73 Å². The molecule has 0 bridgehead atoms. The van der Waals surface area contributed by atoms with Crippen molar-refractivity contribution in [2.75, 3.05) is 26.7 Å². The van der Waals surface area contributed by atoms with E-state index in [4.69, 9.17) is 10.5 Å². The molecule has 0 radical (unpaired) electrons. The van der Waals surface area contributed by atoms with E-state index in [0.29, 0.717) is 6.10 Å². The first-order chi connectivity index (χ1) is 5.81. The zero-order valence-corrected chi connectivity index (χ0v) is 8.31. The van der Waals surface area contributed by atoms with Crippen LogP contribution < -0.4 is 11.1 Å². The summed E-state index contributed by atoms with van der Waals surface area (Å²) in [5, 5.41) is 3.33. The van der Waals surface area contributed by atoms with Gasteiger partial charge >= 0.3 is 0 Å². The van der Waals surface area contributed by atoms with E-state index in [1.807, 2.05) is 0 Å². The first-order valence-corrected chi connectivity index (χ1v) is 4.74. The maximum Gasteiger partial charge on any atom is 0.0667 e. The quantitative estimate of drug-likeness (QED) is 0.534. The van der Waals surface area contributed by atoms with Crippen molar-refractivity contribution >= 4 is 0 Å². The van der Waals surface area contributed by atoms with Crippen molar-refractivity contribution < 1.29 is 4.74 Å². The van der Waals surface area contributed by atoms with Gasteiger partial charge in [0.15, 0.2) is 0 Å². The summed E-state index contributed by atoms with van der Waals surface area (Å²) in [6, 6.07) is 0. The molecule has 3 heteroatoms. The van der Waals surface area contributed by atoms with Gasteiger partial charge in [-0.2, -0.15) is 0 Å². The molecule has 0 aliphatic heterocycles. The molecule has 3 nitrogen and oxygen atoms in total. The average Bonchev–Trinajstić information content (AvgIpc) is 2.10. The van der Waals surface area contributed by atoms with Gasteiger partial charge in [-0.1, -0.05) is 6.42 Å². The summed E-state index contributed by atoms with van der Waals surface area (Å²) in [5.41, 5.74) is 5.37. The van der Waals surface area contributed by atoms with E-state index in [-0.39, 0.29) is 0 Å². The molecule has 74 valence electrons. The highest BCUT2D eigenvalue weighted by molar-refractivity contribution is 4.54. The normalized spacial score (nSPS) is 13.2. The molecule has 1 unspecified atom stereocenters. The van der Waals surface area contributed by atoms with Crippen molar-refractivity contribution in [2.45, 2.75) is 32.3 Å². The lowest BCUT2D eigenvalue weighted by atomic mass is 10.2. The van der Waals surface area contributed by atoms with Gasteiger partial charge in [0.05, 0.1) is 6.10 Å². The topological polar surface area (TPSA) is 47.3 Å². The second-order valence-corrected chi connectivity index (χ2v) is 3.10. The van der Waals surface area contributed by atoms with Crippen LogP contribution in [0.4, 0.5) is 0 Å². The van der Waals surface area contributed by atoms with Crippen LogP contribution in [0.3, 0.4) is 0 Å². The smallest absolute Gasteiger partial charge is 0.0667 e. The van der Waals surface area contributed by atoms with Gasteiger partial charge in [-0.15, -0.1) is 0 Å². The van der Waals surface area contributed by atoms with E-state index in [1.54, 1.807) is 7.11 Å². The van der Waals surface area contributed by atoms with Crippen molar-refractivity contribution in [1.82, 2.24) is 5.32 Å². The van der Waals surface area contributed by atoms with Crippen molar-refractivity contribution in [1.29, 1.82) is 0 Å². The summed E-state index contributed by atoms with van der Waals surface area (Å²) >= 11 is 0. The first kappa shape index (κ1) is 11.9. The lowest BCUT2D eigenvalue weighted by Crippen LogP contribution is -2.26. The zero-order chi connectivity index (χ0) is 9.23. The molecule has 0 rings (SSSR count). The number of rotatable bonds is 8. The SMILES string of the molecule is COC(C)CNCCCCCN. The summed E-state index contributed by atoms with van der Waals surface area (Å²) in [6.45, 7) is 4.90. The molecule has 0 heterocycles. The molecule has 0 aliphatic rings. The van der Waals surface area contributed by atoms with Crippen LogP contribution in [0.2, 0.25) is 0 Å². The number of hydrogen-bond donors (Lipinski definition) is 2. The van der Waals surface area contributed by atoms with E-state index < -0.39 is 0 Å². The van der Waals surface area contributed by atoms with E-state index in [2.05, 4.69) is 12.2 Å². The average molecular weight is 174 g/mol. The number of hydrogen-bond acceptors (Lipinski definition) is 3. The van der Waals surface area contributed by atoms with Crippen LogP contribution in [-0.2, 0) is 4.74 Å². The van der Waals surface area contributed by atoms with Crippen molar-refractivity contribution in [3.8, 4) is 0 Å². The van der Waals surface area contributed by atoms with E-state index in [1.165, 1.54) is 12.8 Å². The highest BCUT2D eigenvalue weighted by Crippen LogP contribution is 1.91. The third-order valence-electron chi connectivity index (χ3n) is 1.89. The van der Waals surface area contributed by atoms with E-state index >= 15 is 0 Å². The van der Waals surface area contributed by atoms with Crippen LogP contribution >= 0.6 is 0 Å². The molecule has 0 aromatic carbocycles. The predicted octanol–water partition coefficient (Wildman–Crippen LogP) is 0.740. The number of methoxy groups -OCH3 is 1. The second-order valence-electron chi connectivity index (χ2n) is 3.10. The Morgan fingerprint density at radius 2 is 2.08 bits per heavy atom. The van der Waals surface area contributed by atoms with Gasteiger partial charge in [0.2, 0.25) is 0 Å². The fraction of sp³-hybridized carbons (Fsp3) is 1.00. The number of unbranched alkanes of at least 4 members (excludes halogenated alkanes) is 2. The molecule has 0 amide bonds. The van der Waals surface area contributed by atoms with Crippen LogP contribution in [0.15, 0.2) is 0 Å². The van der Waals surface area contributed by atoms with Crippen LogP contribution in [0.25, 0.3) is 0 Å². The van der Waals surface area contributed by atoms with Crippen LogP contribution in [0, 0.1) is 0 Å². The van der Waals surface area contributed by atoms with Crippen molar-refractivity contribution in [3.63, 3.8) is 0 Å². The van der Waals surface area contributed by atoms with Gasteiger partial charge in [-0.3, -0.25) is 0 Å². The Bertz CT molecular complexity index is 88.6. The molecule has 0 saturated carbocycles. The fourth-order valence-electron chi connectivity index (χ4n) is 0.960. The molecule has 12 heavy (non-hydrogen) atoms. The summed E-state index contributed by atoms with van der Waals surface area (Å²) in [5.74, 6) is 0. The third kappa shape index (κ3) is 7.98. The van der Waals surface area contributed by atoms with E-state index in [0.717, 1.165) is 26.1 Å². The fourth-order valence-corrected chi connectivity index (χ4v) is 0.960. The minimum Gasteiger partial charge on any atom is -0.380 e. The Labute approximate surface area is 75.7 Å². The number of ether oxygens (including phenoxy) is 1. The Morgan fingerprint density at radius 3 is 2.67 bits per heavy atom. The Morgan fingerprint density at radius 1 is 1.33 bits per heavy atom. The molecule has 3 N–H and O–H groups in total. The standard InChI is InChI=1S/C9H22N2O/c1-9(12-2)8-11-7-5-3-4-6-10/h9,11H,3-8,10H2,1-2H3. The largest absolute Gasteiger partial charge is 0.380 e. The molecular formula is C9H22N2O. The molecule has 0 fully saturated rings. The van der Waals surface area contributed by atoms with Gasteiger partial charge in [0.25, 0.3) is 0 Å². The highest BCUT2D eigenvalue weighted by Gasteiger charge is 1.96. The molecular weight excluding hydrogens is 152 g/mol. The Kier molecular flexibility index (Phi) is 8.88. The third-order valence-corrected chi connectivity index (χ3v) is 1.89. The zero-order valence-electron chi connectivity index (χ0n) is 8.31. The second kappa shape index (κ2) is 8.97. The highest BCUT2D eigenvalue weighted by atomic mass is 16.5. The molecule has 1 atom stereocenters. The summed E-state index contributed by atoms with van der Waals surface area (Å²) in [4.78, 5) is 0. The van der Waals surface area contributed by atoms with Crippen LogP contribution in [0.5, 0.6) is 0 Å². The minimum absolute atomic E-state index is 0.319. The van der Waals surface area contributed by atoms with Gasteiger partial charge in [0, 0.05) is 13.7 Å². The van der Waals surface area contributed by atoms with Crippen LogP contribution in [-0.4, -0.2) is 32.8 Å². The summed E-state index contributed by atoms with van der Waals surface area (Å²) in [7, 11) is 1.74. The van der Waals surface area contributed by atoms with Gasteiger partial charge in [-0.05, 0) is 32.9 Å². The van der Waals surface area contributed by atoms with Gasteiger partial charge < -0.3 is 15.8 Å². The summed E-state index contributed by atoms with van der Waals surface area (Å²) < 4.78 is 5.10. The monoisotopic (exact) mass is 174 g/mol. The van der Waals surface area contributed by atoms with Crippen LogP contribution in [0.1, 0.15) is 26.2 Å². The van der Waals surface area contributed by atoms with E-state index in [9.17, 15) is 0 Å². The molecule has 0 aromatic rings. The first-order valence-electron chi connectivity index (χ1n) is 4.74. The van der Waals surface area contributed by atoms with Gasteiger partial charge in [0.1, 0.15) is 0 Å². The maximum atomic E-state index is 5.37. The maximum absolute atomic E-state index is 5.37. The van der Waals surface area contributed by atoms with Gasteiger partial charge in [-0.25, -0.2) is 0 Å². The summed E-state index contributed by atoms with van der Waals surface area (Å²) in [6.07, 6.45) is 3.90. The molecule has 0 spiro atoms.